The van der Waals surface area contributed by atoms with Crippen LogP contribution in [-0.4, -0.2) is 31.4 Å². The standard InChI is InChI=1S/C22H29N3S/c1-24-18-7-9-19(10-8-18)25-12-2-4-17-14-16(6-11-21(17)25)15-20(23)22-5-3-13-26-22/h3,5-6,11,13-14,18-19,23-24H,2,4,7-10,12,15H2,1H3. The lowest BCUT2D eigenvalue weighted by atomic mass is 9.88. The molecule has 4 heteroatoms. The Morgan fingerprint density at radius 2 is 2.08 bits per heavy atom. The van der Waals surface area contributed by atoms with E-state index < -0.39 is 0 Å². The van der Waals surface area contributed by atoms with E-state index in [4.69, 9.17) is 5.41 Å². The van der Waals surface area contributed by atoms with Crippen molar-refractivity contribution in [2.45, 2.75) is 57.0 Å². The Labute approximate surface area is 160 Å². The zero-order valence-corrected chi connectivity index (χ0v) is 16.4. The highest BCUT2D eigenvalue weighted by Gasteiger charge is 2.28. The molecule has 0 saturated heterocycles. The fraction of sp³-hybridized carbons (Fsp3) is 0.500. The monoisotopic (exact) mass is 367 g/mol. The molecule has 26 heavy (non-hydrogen) atoms. The molecule has 138 valence electrons. The highest BCUT2D eigenvalue weighted by molar-refractivity contribution is 7.12. The molecule has 2 N–H and O–H groups in total. The van der Waals surface area contributed by atoms with Crippen molar-refractivity contribution in [2.24, 2.45) is 0 Å². The lowest BCUT2D eigenvalue weighted by molar-refractivity contribution is 0.341. The van der Waals surface area contributed by atoms with E-state index in [0.29, 0.717) is 12.1 Å². The smallest absolute Gasteiger partial charge is 0.0529 e. The van der Waals surface area contributed by atoms with E-state index in [9.17, 15) is 0 Å². The van der Waals surface area contributed by atoms with Crippen LogP contribution in [-0.2, 0) is 12.8 Å². The molecule has 1 saturated carbocycles. The van der Waals surface area contributed by atoms with E-state index >= 15 is 0 Å². The summed E-state index contributed by atoms with van der Waals surface area (Å²) in [4.78, 5) is 3.77. The maximum atomic E-state index is 8.36. The van der Waals surface area contributed by atoms with Gasteiger partial charge >= 0.3 is 0 Å². The number of hydrogen-bond acceptors (Lipinski definition) is 4. The van der Waals surface area contributed by atoms with Crippen molar-refractivity contribution in [2.75, 3.05) is 18.5 Å². The molecule has 0 atom stereocenters. The first-order valence-electron chi connectivity index (χ1n) is 9.91. The summed E-state index contributed by atoms with van der Waals surface area (Å²) in [6, 6.07) is 12.4. The molecular weight excluding hydrogens is 338 g/mol. The highest BCUT2D eigenvalue weighted by Crippen LogP contribution is 2.34. The van der Waals surface area contributed by atoms with Crippen molar-refractivity contribution in [3.05, 3.63) is 51.7 Å². The molecule has 2 heterocycles. The molecule has 1 aromatic carbocycles. The van der Waals surface area contributed by atoms with Crippen LogP contribution in [0.25, 0.3) is 0 Å². The van der Waals surface area contributed by atoms with Crippen LogP contribution >= 0.6 is 11.3 Å². The molecule has 4 rings (SSSR count). The van der Waals surface area contributed by atoms with Crippen molar-refractivity contribution in [3.63, 3.8) is 0 Å². The van der Waals surface area contributed by atoms with Crippen LogP contribution < -0.4 is 10.2 Å². The van der Waals surface area contributed by atoms with Gasteiger partial charge in [-0.2, -0.15) is 0 Å². The average molecular weight is 368 g/mol. The van der Waals surface area contributed by atoms with Gasteiger partial charge in [-0.05, 0) is 74.2 Å². The topological polar surface area (TPSA) is 39.1 Å². The van der Waals surface area contributed by atoms with Crippen LogP contribution in [0.1, 0.15) is 48.1 Å². The third-order valence-electron chi connectivity index (χ3n) is 6.04. The van der Waals surface area contributed by atoms with Gasteiger partial charge in [-0.1, -0.05) is 18.2 Å². The number of thiophene rings is 1. The van der Waals surface area contributed by atoms with Gasteiger partial charge in [-0.25, -0.2) is 0 Å². The van der Waals surface area contributed by atoms with Gasteiger partial charge in [0.2, 0.25) is 0 Å². The molecule has 0 amide bonds. The van der Waals surface area contributed by atoms with E-state index in [0.717, 1.165) is 17.0 Å². The largest absolute Gasteiger partial charge is 0.368 e. The van der Waals surface area contributed by atoms with Gasteiger partial charge in [0, 0.05) is 35.6 Å². The average Bonchev–Trinajstić information content (AvgIpc) is 3.22. The van der Waals surface area contributed by atoms with Gasteiger partial charge in [0.1, 0.15) is 0 Å². The minimum atomic E-state index is 0.703. The van der Waals surface area contributed by atoms with E-state index in [1.807, 2.05) is 6.07 Å². The van der Waals surface area contributed by atoms with Crippen LogP contribution in [0.3, 0.4) is 0 Å². The molecule has 1 aliphatic heterocycles. The molecule has 0 bridgehead atoms. The molecule has 0 spiro atoms. The first kappa shape index (κ1) is 17.7. The van der Waals surface area contributed by atoms with Crippen molar-refractivity contribution in [1.29, 1.82) is 5.41 Å². The van der Waals surface area contributed by atoms with E-state index in [1.165, 1.54) is 61.9 Å². The van der Waals surface area contributed by atoms with Gasteiger partial charge in [0.15, 0.2) is 0 Å². The molecule has 0 unspecified atom stereocenters. The Hall–Kier alpha value is -1.65. The Bertz CT molecular complexity index is 745. The summed E-state index contributed by atoms with van der Waals surface area (Å²) in [7, 11) is 2.09. The first-order valence-corrected chi connectivity index (χ1v) is 10.8. The van der Waals surface area contributed by atoms with Gasteiger partial charge in [0.25, 0.3) is 0 Å². The van der Waals surface area contributed by atoms with Crippen molar-refractivity contribution >= 4 is 22.7 Å². The Balaban J connectivity index is 1.48. The molecule has 1 aromatic heterocycles. The zero-order chi connectivity index (χ0) is 17.9. The summed E-state index contributed by atoms with van der Waals surface area (Å²) in [6.07, 6.45) is 8.36. The van der Waals surface area contributed by atoms with Crippen molar-refractivity contribution < 1.29 is 0 Å². The quantitative estimate of drug-likeness (QED) is 0.756. The number of nitrogens with zero attached hydrogens (tertiary/aromatic N) is 1. The fourth-order valence-corrected chi connectivity index (χ4v) is 5.26. The minimum Gasteiger partial charge on any atom is -0.368 e. The van der Waals surface area contributed by atoms with Gasteiger partial charge in [0.05, 0.1) is 5.71 Å². The number of benzene rings is 1. The Morgan fingerprint density at radius 3 is 2.81 bits per heavy atom. The van der Waals surface area contributed by atoms with E-state index in [2.05, 4.69) is 46.9 Å². The normalized spacial score (nSPS) is 22.9. The van der Waals surface area contributed by atoms with Gasteiger partial charge in [-0.3, -0.25) is 0 Å². The maximum Gasteiger partial charge on any atom is 0.0529 e. The number of anilines is 1. The molecule has 2 aliphatic rings. The highest BCUT2D eigenvalue weighted by atomic mass is 32.1. The number of nitrogens with one attached hydrogen (secondary N) is 2. The zero-order valence-electron chi connectivity index (χ0n) is 15.6. The number of hydrogen-bond donors (Lipinski definition) is 2. The summed E-state index contributed by atoms with van der Waals surface area (Å²) in [5, 5.41) is 13.9. The van der Waals surface area contributed by atoms with E-state index in [-0.39, 0.29) is 0 Å². The second kappa shape index (κ2) is 7.93. The predicted octanol–water partition coefficient (Wildman–Crippen LogP) is 4.64. The minimum absolute atomic E-state index is 0.703. The molecule has 2 aromatic rings. The lowest BCUT2D eigenvalue weighted by Gasteiger charge is -2.41. The van der Waals surface area contributed by atoms with Gasteiger partial charge < -0.3 is 15.6 Å². The van der Waals surface area contributed by atoms with Gasteiger partial charge in [-0.15, -0.1) is 11.3 Å². The Kier molecular flexibility index (Phi) is 5.41. The first-order chi connectivity index (χ1) is 12.7. The number of fused-ring (bicyclic) bond motifs is 1. The van der Waals surface area contributed by atoms with Crippen LogP contribution in [0.5, 0.6) is 0 Å². The summed E-state index contributed by atoms with van der Waals surface area (Å²) in [5.41, 5.74) is 4.96. The van der Waals surface area contributed by atoms with Crippen LogP contribution in [0.15, 0.2) is 35.7 Å². The summed E-state index contributed by atoms with van der Waals surface area (Å²) < 4.78 is 0. The summed E-state index contributed by atoms with van der Waals surface area (Å²) in [6.45, 7) is 1.20. The molecule has 1 aliphatic carbocycles. The predicted molar refractivity (Wildman–Crippen MR) is 112 cm³/mol. The molecule has 1 fully saturated rings. The van der Waals surface area contributed by atoms with Crippen LogP contribution in [0.2, 0.25) is 0 Å². The maximum absolute atomic E-state index is 8.36. The molecule has 3 nitrogen and oxygen atoms in total. The second-order valence-corrected chi connectivity index (χ2v) is 8.63. The second-order valence-electron chi connectivity index (χ2n) is 7.69. The number of rotatable bonds is 5. The fourth-order valence-electron chi connectivity index (χ4n) is 4.59. The third-order valence-corrected chi connectivity index (χ3v) is 6.97. The SMILES string of the molecule is CNC1CCC(N2CCCc3cc(CC(=N)c4cccs4)ccc32)CC1. The molecular formula is C22H29N3S. The van der Waals surface area contributed by atoms with Crippen molar-refractivity contribution in [3.8, 4) is 0 Å². The summed E-state index contributed by atoms with van der Waals surface area (Å²) >= 11 is 1.66. The summed E-state index contributed by atoms with van der Waals surface area (Å²) in [5.74, 6) is 0. The lowest BCUT2D eigenvalue weighted by Crippen LogP contribution is -2.44. The van der Waals surface area contributed by atoms with Crippen molar-refractivity contribution in [1.82, 2.24) is 5.32 Å². The van der Waals surface area contributed by atoms with Crippen LogP contribution in [0.4, 0.5) is 5.69 Å². The number of aryl methyl sites for hydroxylation is 1. The Morgan fingerprint density at radius 1 is 1.23 bits per heavy atom. The van der Waals surface area contributed by atoms with E-state index in [1.54, 1.807) is 11.3 Å². The van der Waals surface area contributed by atoms with Crippen LogP contribution in [0, 0.1) is 5.41 Å². The third kappa shape index (κ3) is 3.72. The molecule has 0 radical (unpaired) electrons.